The predicted octanol–water partition coefficient (Wildman–Crippen LogP) is 4.58. The molecule has 0 bridgehead atoms. The van der Waals surface area contributed by atoms with Gasteiger partial charge in [-0.15, -0.1) is 0 Å². The second-order valence-corrected chi connectivity index (χ2v) is 5.25. The van der Waals surface area contributed by atoms with Crippen molar-refractivity contribution in [3.05, 3.63) is 58.9 Å². The van der Waals surface area contributed by atoms with Crippen molar-refractivity contribution in [2.75, 3.05) is 5.32 Å². The smallest absolute Gasteiger partial charge is 0.265 e. The lowest BCUT2D eigenvalue weighted by Crippen LogP contribution is -2.32. The second kappa shape index (κ2) is 7.27. The van der Waals surface area contributed by atoms with Crippen molar-refractivity contribution in [2.45, 2.75) is 26.4 Å². The first kappa shape index (κ1) is 16.3. The van der Waals surface area contributed by atoms with E-state index in [2.05, 4.69) is 5.32 Å². The summed E-state index contributed by atoms with van der Waals surface area (Å²) in [7, 11) is 0. The third kappa shape index (κ3) is 3.77. The van der Waals surface area contributed by atoms with E-state index in [-0.39, 0.29) is 11.7 Å². The van der Waals surface area contributed by atoms with Gasteiger partial charge in [0.1, 0.15) is 0 Å². The highest BCUT2D eigenvalue weighted by Gasteiger charge is 2.20. The SMILES string of the molecule is CC[C@@H](Oc1ccccc1F)C(=O)Nc1cccc(Cl)c1C. The highest BCUT2D eigenvalue weighted by Crippen LogP contribution is 2.24. The summed E-state index contributed by atoms with van der Waals surface area (Å²) in [6.07, 6.45) is -0.366. The number of carbonyl (C=O) groups is 1. The van der Waals surface area contributed by atoms with E-state index in [1.54, 1.807) is 37.3 Å². The molecule has 0 aromatic heterocycles. The summed E-state index contributed by atoms with van der Waals surface area (Å²) < 4.78 is 19.1. The van der Waals surface area contributed by atoms with Crippen LogP contribution in [0.25, 0.3) is 0 Å². The van der Waals surface area contributed by atoms with Crippen LogP contribution in [0.2, 0.25) is 5.02 Å². The largest absolute Gasteiger partial charge is 0.478 e. The molecule has 2 rings (SSSR count). The van der Waals surface area contributed by atoms with Gasteiger partial charge >= 0.3 is 0 Å². The van der Waals surface area contributed by atoms with Crippen molar-refractivity contribution < 1.29 is 13.9 Å². The molecule has 0 aliphatic carbocycles. The summed E-state index contributed by atoms with van der Waals surface area (Å²) in [6.45, 7) is 3.62. The average Bonchev–Trinajstić information content (AvgIpc) is 2.51. The maximum absolute atomic E-state index is 13.6. The Morgan fingerprint density at radius 2 is 2.00 bits per heavy atom. The molecular weight excluding hydrogens is 305 g/mol. The lowest BCUT2D eigenvalue weighted by atomic mass is 10.2. The van der Waals surface area contributed by atoms with E-state index in [4.69, 9.17) is 16.3 Å². The minimum absolute atomic E-state index is 0.0623. The van der Waals surface area contributed by atoms with Crippen molar-refractivity contribution in [2.24, 2.45) is 0 Å². The quantitative estimate of drug-likeness (QED) is 0.875. The zero-order valence-corrected chi connectivity index (χ0v) is 13.2. The molecule has 0 saturated carbocycles. The van der Waals surface area contributed by atoms with Gasteiger partial charge in [-0.1, -0.05) is 36.7 Å². The molecule has 0 aliphatic heterocycles. The first-order valence-electron chi connectivity index (χ1n) is 7.00. The molecule has 22 heavy (non-hydrogen) atoms. The van der Waals surface area contributed by atoms with E-state index in [0.29, 0.717) is 17.1 Å². The van der Waals surface area contributed by atoms with Crippen molar-refractivity contribution in [3.63, 3.8) is 0 Å². The molecule has 1 N–H and O–H groups in total. The molecule has 0 fully saturated rings. The Hall–Kier alpha value is -2.07. The van der Waals surface area contributed by atoms with Crippen LogP contribution in [0.4, 0.5) is 10.1 Å². The number of hydrogen-bond donors (Lipinski definition) is 1. The van der Waals surface area contributed by atoms with Crippen molar-refractivity contribution >= 4 is 23.2 Å². The maximum atomic E-state index is 13.6. The first-order chi connectivity index (χ1) is 10.5. The van der Waals surface area contributed by atoms with Gasteiger partial charge in [0.2, 0.25) is 0 Å². The topological polar surface area (TPSA) is 38.3 Å². The van der Waals surface area contributed by atoms with Gasteiger partial charge in [-0.3, -0.25) is 4.79 Å². The summed E-state index contributed by atoms with van der Waals surface area (Å²) in [5.41, 5.74) is 1.39. The maximum Gasteiger partial charge on any atom is 0.265 e. The fraction of sp³-hybridized carbons (Fsp3) is 0.235. The molecular formula is C17H17ClFNO2. The van der Waals surface area contributed by atoms with E-state index in [1.165, 1.54) is 12.1 Å². The molecule has 0 radical (unpaired) electrons. The van der Waals surface area contributed by atoms with E-state index in [9.17, 15) is 9.18 Å². The highest BCUT2D eigenvalue weighted by molar-refractivity contribution is 6.31. The molecule has 5 heteroatoms. The third-order valence-electron chi connectivity index (χ3n) is 3.29. The third-order valence-corrected chi connectivity index (χ3v) is 3.70. The minimum atomic E-state index is -0.782. The molecule has 0 heterocycles. The molecule has 1 amide bonds. The number of ether oxygens (including phenoxy) is 1. The standard InChI is InChI=1S/C17H17ClFNO2/c1-3-15(22-16-10-5-4-8-13(16)19)17(21)20-14-9-6-7-12(18)11(14)2/h4-10,15H,3H2,1-2H3,(H,20,21)/t15-/m1/s1. The van der Waals surface area contributed by atoms with Crippen molar-refractivity contribution in [1.29, 1.82) is 0 Å². The fourth-order valence-electron chi connectivity index (χ4n) is 1.97. The molecule has 116 valence electrons. The van der Waals surface area contributed by atoms with Crippen molar-refractivity contribution in [3.8, 4) is 5.75 Å². The van der Waals surface area contributed by atoms with Crippen LogP contribution in [0.3, 0.4) is 0 Å². The Labute approximate surface area is 134 Å². The summed E-state index contributed by atoms with van der Waals surface area (Å²) in [5.74, 6) is -0.767. The summed E-state index contributed by atoms with van der Waals surface area (Å²) in [6, 6.07) is 11.3. The lowest BCUT2D eigenvalue weighted by Gasteiger charge is -2.18. The summed E-state index contributed by atoms with van der Waals surface area (Å²) in [5, 5.41) is 3.34. The fourth-order valence-corrected chi connectivity index (χ4v) is 2.15. The number of nitrogens with one attached hydrogen (secondary N) is 1. The van der Waals surface area contributed by atoms with Crippen LogP contribution >= 0.6 is 11.6 Å². The minimum Gasteiger partial charge on any atom is -0.478 e. The number of carbonyl (C=O) groups excluding carboxylic acids is 1. The Morgan fingerprint density at radius 3 is 2.68 bits per heavy atom. The Kier molecular flexibility index (Phi) is 5.39. The molecule has 2 aromatic carbocycles. The van der Waals surface area contributed by atoms with Gasteiger partial charge in [0, 0.05) is 10.7 Å². The molecule has 0 spiro atoms. The number of para-hydroxylation sites is 1. The number of benzene rings is 2. The van der Waals surface area contributed by atoms with Crippen LogP contribution in [0, 0.1) is 12.7 Å². The average molecular weight is 322 g/mol. The van der Waals surface area contributed by atoms with Gasteiger partial charge in [-0.25, -0.2) is 4.39 Å². The van der Waals surface area contributed by atoms with Gasteiger partial charge in [-0.2, -0.15) is 0 Å². The Balaban J connectivity index is 2.12. The zero-order chi connectivity index (χ0) is 16.1. The molecule has 1 atom stereocenters. The summed E-state index contributed by atoms with van der Waals surface area (Å²) in [4.78, 5) is 12.3. The molecule has 0 saturated heterocycles. The van der Waals surface area contributed by atoms with Crippen LogP contribution in [0.1, 0.15) is 18.9 Å². The van der Waals surface area contributed by atoms with E-state index >= 15 is 0 Å². The Morgan fingerprint density at radius 1 is 1.27 bits per heavy atom. The second-order valence-electron chi connectivity index (χ2n) is 4.85. The number of anilines is 1. The van der Waals surface area contributed by atoms with E-state index < -0.39 is 11.9 Å². The number of halogens is 2. The number of hydrogen-bond acceptors (Lipinski definition) is 2. The first-order valence-corrected chi connectivity index (χ1v) is 7.38. The predicted molar refractivity (Wildman–Crippen MR) is 85.9 cm³/mol. The van der Waals surface area contributed by atoms with Crippen LogP contribution in [-0.2, 0) is 4.79 Å². The van der Waals surface area contributed by atoms with Gasteiger partial charge in [0.25, 0.3) is 5.91 Å². The van der Waals surface area contributed by atoms with Crippen LogP contribution in [0.5, 0.6) is 5.75 Å². The summed E-state index contributed by atoms with van der Waals surface area (Å²) >= 11 is 6.03. The van der Waals surface area contributed by atoms with Gasteiger partial charge < -0.3 is 10.1 Å². The number of amides is 1. The monoisotopic (exact) mass is 321 g/mol. The molecule has 0 aliphatic rings. The van der Waals surface area contributed by atoms with Gasteiger partial charge in [0.15, 0.2) is 17.7 Å². The van der Waals surface area contributed by atoms with E-state index in [1.807, 2.05) is 6.92 Å². The van der Waals surface area contributed by atoms with Crippen molar-refractivity contribution in [1.82, 2.24) is 0 Å². The van der Waals surface area contributed by atoms with Gasteiger partial charge in [0.05, 0.1) is 0 Å². The zero-order valence-electron chi connectivity index (χ0n) is 12.4. The molecule has 2 aromatic rings. The molecule has 0 unspecified atom stereocenters. The van der Waals surface area contributed by atoms with Gasteiger partial charge in [-0.05, 0) is 43.2 Å². The van der Waals surface area contributed by atoms with Crippen LogP contribution < -0.4 is 10.1 Å². The Bertz CT molecular complexity index is 675. The van der Waals surface area contributed by atoms with Crippen LogP contribution in [0.15, 0.2) is 42.5 Å². The normalized spacial score (nSPS) is 11.8. The molecule has 3 nitrogen and oxygen atoms in total. The van der Waals surface area contributed by atoms with Crippen LogP contribution in [-0.4, -0.2) is 12.0 Å². The number of rotatable bonds is 5. The lowest BCUT2D eigenvalue weighted by molar-refractivity contribution is -0.122. The highest BCUT2D eigenvalue weighted by atomic mass is 35.5. The van der Waals surface area contributed by atoms with E-state index in [0.717, 1.165) is 5.56 Å².